The van der Waals surface area contributed by atoms with Gasteiger partial charge in [0.25, 0.3) is 0 Å². The summed E-state index contributed by atoms with van der Waals surface area (Å²) in [6.07, 6.45) is 8.61. The Labute approximate surface area is 275 Å². The third-order valence-electron chi connectivity index (χ3n) is 7.08. The van der Waals surface area contributed by atoms with E-state index in [2.05, 4.69) is 37.1 Å². The molecule has 0 amide bonds. The first-order valence-electron chi connectivity index (χ1n) is 15.2. The van der Waals surface area contributed by atoms with Gasteiger partial charge in [-0.05, 0) is 76.1 Å². The first-order chi connectivity index (χ1) is 19.3. The monoisotopic (exact) mass is 605 g/mol. The number of aromatic hydroxyl groups is 1. The molecule has 9 heteroatoms. The number of phenols is 1. The molecule has 0 aliphatic carbocycles. The van der Waals surface area contributed by atoms with Crippen LogP contribution in [0.5, 0.6) is 5.75 Å². The van der Waals surface area contributed by atoms with E-state index in [1.807, 2.05) is 20.8 Å². The molecule has 1 heterocycles. The smallest absolute Gasteiger partial charge is 0.507 e. The molecule has 42 heavy (non-hydrogen) atoms. The molecule has 236 valence electrons. The topological polar surface area (TPSA) is 78.6 Å². The van der Waals surface area contributed by atoms with Gasteiger partial charge in [0.05, 0.1) is 12.1 Å². The summed E-state index contributed by atoms with van der Waals surface area (Å²) in [5.41, 5.74) is 6.05. The number of nitrogens with two attached hydrogens (primary N) is 1. The molecule has 2 atom stereocenters. The van der Waals surface area contributed by atoms with Gasteiger partial charge in [-0.15, -0.1) is 12.8 Å². The number of Topliss-reactive ketones (excluding diaryl/α,β-unsaturated/α-hetero) is 1. The van der Waals surface area contributed by atoms with Gasteiger partial charge in [-0.1, -0.05) is 60.5 Å². The molecule has 1 aromatic carbocycles. The van der Waals surface area contributed by atoms with Crippen LogP contribution in [-0.2, 0) is 11.0 Å². The van der Waals surface area contributed by atoms with Gasteiger partial charge in [-0.25, -0.2) is 6.08 Å². The first-order valence-corrected chi connectivity index (χ1v) is 15.2. The third-order valence-corrected chi connectivity index (χ3v) is 7.08. The van der Waals surface area contributed by atoms with Gasteiger partial charge in [-0.2, -0.15) is 18.7 Å². The number of carbonyl (C=O) groups excluding carboxylic acids is 1. The summed E-state index contributed by atoms with van der Waals surface area (Å²) in [4.78, 5) is 13.9. The zero-order chi connectivity index (χ0) is 31.4. The third kappa shape index (κ3) is 18.4. The number of nitrogens with one attached hydrogen (secondary N) is 1. The Bertz CT molecular complexity index is 926. The number of alkyl halides is 3. The van der Waals surface area contributed by atoms with Crippen LogP contribution in [0.1, 0.15) is 105 Å². The summed E-state index contributed by atoms with van der Waals surface area (Å²) >= 11 is 0. The van der Waals surface area contributed by atoms with Crippen molar-refractivity contribution in [3.8, 4) is 5.75 Å². The number of hydrogen-bond acceptors (Lipinski definition) is 5. The van der Waals surface area contributed by atoms with Gasteiger partial charge in [0.1, 0.15) is 11.5 Å². The van der Waals surface area contributed by atoms with Crippen LogP contribution in [0.25, 0.3) is 5.70 Å². The average molecular weight is 606 g/mol. The number of benzene rings is 1. The van der Waals surface area contributed by atoms with Crippen LogP contribution in [0, 0.1) is 17.9 Å². The van der Waals surface area contributed by atoms with Crippen molar-refractivity contribution < 1.29 is 52.6 Å². The van der Waals surface area contributed by atoms with Crippen LogP contribution in [0.4, 0.5) is 13.2 Å². The summed E-state index contributed by atoms with van der Waals surface area (Å²) in [6.45, 7) is 19.5. The van der Waals surface area contributed by atoms with E-state index in [0.717, 1.165) is 32.0 Å². The van der Waals surface area contributed by atoms with Crippen molar-refractivity contribution in [1.29, 1.82) is 0 Å². The number of halogens is 3. The maximum absolute atomic E-state index is 12.5. The second-order valence-electron chi connectivity index (χ2n) is 10.8. The molecule has 1 fully saturated rings. The van der Waals surface area contributed by atoms with E-state index in [1.165, 1.54) is 51.3 Å². The van der Waals surface area contributed by atoms with Crippen molar-refractivity contribution in [3.05, 3.63) is 47.1 Å². The fourth-order valence-electron chi connectivity index (χ4n) is 3.81. The quantitative estimate of drug-likeness (QED) is 0.135. The van der Waals surface area contributed by atoms with Crippen LogP contribution in [0.2, 0.25) is 0 Å². The fourth-order valence-corrected chi connectivity index (χ4v) is 3.81. The molecule has 1 saturated heterocycles. The number of hydrogen-bond donors (Lipinski definition) is 3. The number of phenolic OH excluding ortho intramolecular Hbond substituents is 1. The fraction of sp³-hybridized carbons (Fsp3) is 0.667. The minimum Gasteiger partial charge on any atom is -0.507 e. The molecule has 5 nitrogen and oxygen atoms in total. The number of allylic oxidation sites excluding steroid dienone is 3. The van der Waals surface area contributed by atoms with Crippen LogP contribution >= 0.6 is 0 Å². The van der Waals surface area contributed by atoms with Gasteiger partial charge < -0.3 is 16.2 Å². The van der Waals surface area contributed by atoms with Gasteiger partial charge >= 0.3 is 35.7 Å². The van der Waals surface area contributed by atoms with Crippen LogP contribution in [-0.4, -0.2) is 48.5 Å². The predicted molar refractivity (Wildman–Crippen MR) is 165 cm³/mol. The van der Waals surface area contributed by atoms with Crippen molar-refractivity contribution in [3.63, 3.8) is 0 Å². The Morgan fingerprint density at radius 2 is 1.64 bits per heavy atom. The summed E-state index contributed by atoms with van der Waals surface area (Å²) < 4.78 is 37.6. The number of rotatable bonds is 12. The Balaban J connectivity index is 0. The first kappa shape index (κ1) is 42.8. The van der Waals surface area contributed by atoms with E-state index in [0.29, 0.717) is 24.0 Å². The Hall–Kier alpha value is -1.32. The van der Waals surface area contributed by atoms with Crippen molar-refractivity contribution >= 4 is 11.5 Å². The minimum absolute atomic E-state index is 0. The molecule has 1 aliphatic rings. The number of piperidine rings is 1. The average Bonchev–Trinajstić information content (AvgIpc) is 2.95. The van der Waals surface area contributed by atoms with Crippen LogP contribution < -0.4 is 40.6 Å². The zero-order valence-electron chi connectivity index (χ0n) is 27.5. The van der Waals surface area contributed by atoms with E-state index in [9.17, 15) is 23.1 Å². The van der Waals surface area contributed by atoms with Crippen LogP contribution in [0.15, 0.2) is 29.8 Å². The van der Waals surface area contributed by atoms with E-state index in [4.69, 9.17) is 5.73 Å². The molecule has 0 spiro atoms. The van der Waals surface area contributed by atoms with E-state index < -0.39 is 17.5 Å². The molecule has 1 aromatic rings. The van der Waals surface area contributed by atoms with Gasteiger partial charge in [0.15, 0.2) is 0 Å². The van der Waals surface area contributed by atoms with E-state index in [1.54, 1.807) is 13.0 Å². The number of carbonyl (C=O) groups is 1. The molecule has 2 rings (SSSR count). The predicted octanol–water partition coefficient (Wildman–Crippen LogP) is 4.99. The zero-order valence-corrected chi connectivity index (χ0v) is 29.5. The summed E-state index contributed by atoms with van der Waals surface area (Å²) in [5.74, 6) is 0.443. The Kier molecular flexibility index (Phi) is 24.5. The van der Waals surface area contributed by atoms with Crippen molar-refractivity contribution in [1.82, 2.24) is 10.2 Å². The molecule has 0 saturated carbocycles. The number of nitrogens with zero attached hydrogens (tertiary/aromatic N) is 1. The van der Waals surface area contributed by atoms with Crippen molar-refractivity contribution in [2.45, 2.75) is 99.6 Å². The van der Waals surface area contributed by atoms with E-state index in [-0.39, 0.29) is 52.7 Å². The molecular weight excluding hydrogens is 550 g/mol. The molecule has 0 aromatic heterocycles. The standard InChI is InChI=1S/C16H19F3NO.C11H21NO.C6H15N.Na/c1-4-10(2)5-6-11(3)15(20)13-8-7-12(9-14(13)21)16(17,18)19;1-3-10(2)11(13)9-12-7-5-4-6-8-12;1-3-5-7-6-4-2;/h6-10,21H,4,20H2,1-3H3;10H,3-9H2,1-2H3;7H,3-6H2,1-2H3;/q-1;;;+1/b15-11-;;;. The molecule has 1 aliphatic heterocycles. The summed E-state index contributed by atoms with van der Waals surface area (Å²) in [6, 6.07) is 2.75. The Morgan fingerprint density at radius 3 is 2.10 bits per heavy atom. The van der Waals surface area contributed by atoms with Crippen molar-refractivity contribution in [2.75, 3.05) is 32.7 Å². The maximum atomic E-state index is 12.5. The Morgan fingerprint density at radius 1 is 1.07 bits per heavy atom. The second-order valence-corrected chi connectivity index (χ2v) is 10.8. The molecule has 0 bridgehead atoms. The van der Waals surface area contributed by atoms with Crippen LogP contribution in [0.3, 0.4) is 0 Å². The minimum atomic E-state index is -4.49. The number of likely N-dealkylation sites (tertiary alicyclic amines) is 1. The SMILES string of the molecule is CCC(C)C(=O)CN1CCCCC1.CCC(C)[C-]=C/C(C)=C(\N)c1ccc(C(F)(F)F)cc1O.CCCNCCC.[Na+]. The molecule has 2 unspecified atom stereocenters. The maximum Gasteiger partial charge on any atom is 1.00 e. The molecule has 4 N–H and O–H groups in total. The molecular formula is C33H55F3N3NaO2. The summed E-state index contributed by atoms with van der Waals surface area (Å²) in [7, 11) is 0. The summed E-state index contributed by atoms with van der Waals surface area (Å²) in [5, 5.41) is 13.0. The van der Waals surface area contributed by atoms with Gasteiger partial charge in [0, 0.05) is 11.5 Å². The van der Waals surface area contributed by atoms with Crippen molar-refractivity contribution in [2.24, 2.45) is 17.6 Å². The van der Waals surface area contributed by atoms with Gasteiger partial charge in [-0.3, -0.25) is 15.8 Å². The van der Waals surface area contributed by atoms with Gasteiger partial charge in [0.2, 0.25) is 0 Å². The number of ketones is 1. The van der Waals surface area contributed by atoms with E-state index >= 15 is 0 Å². The second kappa shape index (κ2) is 24.1. The normalized spacial score (nSPS) is 15.8. The molecule has 0 radical (unpaired) electrons. The largest absolute Gasteiger partial charge is 1.00 e.